The van der Waals surface area contributed by atoms with E-state index >= 15 is 0 Å². The van der Waals surface area contributed by atoms with Gasteiger partial charge in [-0.25, -0.2) is 14.4 Å². The molecule has 37 heavy (non-hydrogen) atoms. The number of aryl methyl sites for hydroxylation is 2. The monoisotopic (exact) mass is 499 g/mol. The number of alkyl carbamates (subject to hydrolysis) is 1. The summed E-state index contributed by atoms with van der Waals surface area (Å²) < 4.78 is 16.5. The summed E-state index contributed by atoms with van der Waals surface area (Å²) in [5, 5.41) is 3.45. The van der Waals surface area contributed by atoms with Gasteiger partial charge in [0.1, 0.15) is 24.0 Å². The third-order valence-electron chi connectivity index (χ3n) is 6.00. The highest BCUT2D eigenvalue weighted by Gasteiger charge is 2.25. The van der Waals surface area contributed by atoms with Crippen molar-refractivity contribution in [3.05, 3.63) is 112 Å². The van der Waals surface area contributed by atoms with Gasteiger partial charge in [-0.1, -0.05) is 74.0 Å². The lowest BCUT2D eigenvalue weighted by atomic mass is 10.0. The first kappa shape index (κ1) is 25.7. The summed E-state index contributed by atoms with van der Waals surface area (Å²) in [6, 6.07) is 22.5. The number of amides is 1. The van der Waals surface area contributed by atoms with Crippen LogP contribution >= 0.6 is 0 Å². The second-order valence-electron chi connectivity index (χ2n) is 8.78. The van der Waals surface area contributed by atoms with E-state index in [1.165, 1.54) is 6.07 Å². The van der Waals surface area contributed by atoms with Crippen LogP contribution in [0.3, 0.4) is 0 Å². The molecular weight excluding hydrogens is 470 g/mol. The molecule has 7 nitrogen and oxygen atoms in total. The number of carbonyl (C=O) groups excluding carboxylic acids is 2. The predicted octanol–water partition coefficient (Wildman–Crippen LogP) is 5.50. The average molecular weight is 500 g/mol. The van der Waals surface area contributed by atoms with Crippen LogP contribution < -0.4 is 15.7 Å². The number of rotatable bonds is 9. The number of esters is 1. The maximum atomic E-state index is 13.3. The first-order valence-electron chi connectivity index (χ1n) is 12.2. The highest BCUT2D eigenvalue weighted by molar-refractivity contribution is 5.88. The standard InChI is InChI=1S/C30H29NO6/c1-3-10-23-18-27(32)37-28-20(2)26(16-15-24(23)28)36-29(33)25(17-21-11-6-4-7-12-21)31-30(34)35-19-22-13-8-5-9-14-22/h4-9,11-16,18,25H,3,10,17,19H2,1-2H3,(H,31,34)/t25-/m1/s1. The molecule has 0 aliphatic carbocycles. The Morgan fingerprint density at radius 3 is 2.30 bits per heavy atom. The van der Waals surface area contributed by atoms with Crippen molar-refractivity contribution in [2.75, 3.05) is 0 Å². The normalized spacial score (nSPS) is 11.6. The van der Waals surface area contributed by atoms with Gasteiger partial charge in [0.15, 0.2) is 0 Å². The Bertz CT molecular complexity index is 1430. The summed E-state index contributed by atoms with van der Waals surface area (Å²) in [6.45, 7) is 3.84. The van der Waals surface area contributed by atoms with Crippen LogP contribution in [0.4, 0.5) is 4.79 Å². The quantitative estimate of drug-likeness (QED) is 0.186. The van der Waals surface area contributed by atoms with Gasteiger partial charge in [0.2, 0.25) is 0 Å². The Kier molecular flexibility index (Phi) is 8.36. The van der Waals surface area contributed by atoms with Crippen LogP contribution in [0, 0.1) is 6.92 Å². The van der Waals surface area contributed by atoms with Gasteiger partial charge in [0, 0.05) is 23.4 Å². The molecule has 4 rings (SSSR count). The molecule has 1 heterocycles. The highest BCUT2D eigenvalue weighted by atomic mass is 16.6. The lowest BCUT2D eigenvalue weighted by Gasteiger charge is -2.19. The van der Waals surface area contributed by atoms with Gasteiger partial charge in [0.25, 0.3) is 0 Å². The van der Waals surface area contributed by atoms with Crippen LogP contribution in [-0.4, -0.2) is 18.1 Å². The van der Waals surface area contributed by atoms with E-state index in [0.717, 1.165) is 34.9 Å². The highest BCUT2D eigenvalue weighted by Crippen LogP contribution is 2.29. The van der Waals surface area contributed by atoms with Crippen LogP contribution in [0.25, 0.3) is 11.0 Å². The van der Waals surface area contributed by atoms with Crippen LogP contribution in [-0.2, 0) is 29.0 Å². The van der Waals surface area contributed by atoms with Crippen LogP contribution in [0.2, 0.25) is 0 Å². The second-order valence-corrected chi connectivity index (χ2v) is 8.78. The first-order chi connectivity index (χ1) is 17.9. The zero-order valence-corrected chi connectivity index (χ0v) is 20.9. The van der Waals surface area contributed by atoms with E-state index in [1.807, 2.05) is 67.6 Å². The molecular formula is C30H29NO6. The number of ether oxygens (including phenoxy) is 2. The third-order valence-corrected chi connectivity index (χ3v) is 6.00. The smallest absolute Gasteiger partial charge is 0.408 e. The Balaban J connectivity index is 1.54. The van der Waals surface area contributed by atoms with Crippen molar-refractivity contribution in [1.29, 1.82) is 0 Å². The summed E-state index contributed by atoms with van der Waals surface area (Å²) in [5.74, 6) is -0.401. The SMILES string of the molecule is CCCc1cc(=O)oc2c(C)c(OC(=O)[C@@H](Cc3ccccc3)NC(=O)OCc3ccccc3)ccc12. The van der Waals surface area contributed by atoms with Crippen molar-refractivity contribution in [3.63, 3.8) is 0 Å². The fourth-order valence-corrected chi connectivity index (χ4v) is 4.12. The molecule has 4 aromatic rings. The fourth-order valence-electron chi connectivity index (χ4n) is 4.12. The topological polar surface area (TPSA) is 94.8 Å². The Morgan fingerprint density at radius 2 is 1.62 bits per heavy atom. The first-order valence-corrected chi connectivity index (χ1v) is 12.2. The minimum Gasteiger partial charge on any atom is -0.445 e. The lowest BCUT2D eigenvalue weighted by Crippen LogP contribution is -2.44. The van der Waals surface area contributed by atoms with E-state index in [4.69, 9.17) is 13.9 Å². The van der Waals surface area contributed by atoms with Crippen LogP contribution in [0.5, 0.6) is 5.75 Å². The Morgan fingerprint density at radius 1 is 0.946 bits per heavy atom. The summed E-state index contributed by atoms with van der Waals surface area (Å²) >= 11 is 0. The van der Waals surface area contributed by atoms with Gasteiger partial charge < -0.3 is 19.2 Å². The average Bonchev–Trinajstić information content (AvgIpc) is 2.90. The molecule has 3 aromatic carbocycles. The van der Waals surface area contributed by atoms with Crippen LogP contribution in [0.1, 0.15) is 35.6 Å². The summed E-state index contributed by atoms with van der Waals surface area (Å²) in [4.78, 5) is 38.0. The number of nitrogens with one attached hydrogen (secondary N) is 1. The number of hydrogen-bond donors (Lipinski definition) is 1. The zero-order valence-electron chi connectivity index (χ0n) is 20.9. The molecule has 1 aromatic heterocycles. The molecule has 1 atom stereocenters. The molecule has 0 aliphatic rings. The molecule has 0 unspecified atom stereocenters. The molecule has 190 valence electrons. The molecule has 0 aliphatic heterocycles. The molecule has 0 fully saturated rings. The van der Waals surface area contributed by atoms with Crippen molar-refractivity contribution in [2.45, 2.75) is 45.8 Å². The molecule has 7 heteroatoms. The van der Waals surface area contributed by atoms with Crippen LogP contribution in [0.15, 0.2) is 88.1 Å². The second kappa shape index (κ2) is 12.0. The van der Waals surface area contributed by atoms with Gasteiger partial charge in [0.05, 0.1) is 0 Å². The minimum absolute atomic E-state index is 0.0721. The number of benzene rings is 3. The summed E-state index contributed by atoms with van der Waals surface area (Å²) in [5.41, 5.74) is 3.03. The molecule has 0 spiro atoms. The molecule has 0 bridgehead atoms. The molecule has 0 radical (unpaired) electrons. The minimum atomic E-state index is -1.00. The van der Waals surface area contributed by atoms with Gasteiger partial charge >= 0.3 is 17.7 Å². The number of fused-ring (bicyclic) bond motifs is 1. The lowest BCUT2D eigenvalue weighted by molar-refractivity contribution is -0.136. The number of hydrogen-bond acceptors (Lipinski definition) is 6. The molecule has 0 saturated carbocycles. The summed E-state index contributed by atoms with van der Waals surface area (Å²) in [7, 11) is 0. The van der Waals surface area contributed by atoms with E-state index in [-0.39, 0.29) is 18.8 Å². The van der Waals surface area contributed by atoms with Crippen molar-refractivity contribution in [2.24, 2.45) is 0 Å². The van der Waals surface area contributed by atoms with E-state index in [0.29, 0.717) is 11.1 Å². The summed E-state index contributed by atoms with van der Waals surface area (Å²) in [6.07, 6.45) is 1.09. The largest absolute Gasteiger partial charge is 0.445 e. The molecule has 1 N–H and O–H groups in total. The zero-order chi connectivity index (χ0) is 26.2. The van der Waals surface area contributed by atoms with E-state index in [9.17, 15) is 14.4 Å². The molecule has 1 amide bonds. The third kappa shape index (κ3) is 6.64. The van der Waals surface area contributed by atoms with Gasteiger partial charge in [-0.2, -0.15) is 0 Å². The van der Waals surface area contributed by atoms with E-state index in [2.05, 4.69) is 5.32 Å². The Labute approximate surface area is 215 Å². The maximum Gasteiger partial charge on any atom is 0.408 e. The number of carbonyl (C=O) groups is 2. The Hall–Kier alpha value is -4.39. The van der Waals surface area contributed by atoms with Gasteiger partial charge in [-0.3, -0.25) is 0 Å². The van der Waals surface area contributed by atoms with Crippen molar-refractivity contribution >= 4 is 23.0 Å². The van der Waals surface area contributed by atoms with Crippen molar-refractivity contribution in [1.82, 2.24) is 5.32 Å². The van der Waals surface area contributed by atoms with E-state index < -0.39 is 23.7 Å². The maximum absolute atomic E-state index is 13.3. The van der Waals surface area contributed by atoms with Crippen molar-refractivity contribution < 1.29 is 23.5 Å². The molecule has 0 saturated heterocycles. The van der Waals surface area contributed by atoms with E-state index in [1.54, 1.807) is 19.1 Å². The van der Waals surface area contributed by atoms with Crippen molar-refractivity contribution in [3.8, 4) is 5.75 Å². The van der Waals surface area contributed by atoms with Gasteiger partial charge in [-0.15, -0.1) is 0 Å². The van der Waals surface area contributed by atoms with Gasteiger partial charge in [-0.05, 0) is 42.2 Å². The predicted molar refractivity (Wildman–Crippen MR) is 141 cm³/mol. The fraction of sp³-hybridized carbons (Fsp3) is 0.233.